The van der Waals surface area contributed by atoms with E-state index in [0.717, 1.165) is 0 Å². The Morgan fingerprint density at radius 2 is 2.25 bits per heavy atom. The highest BCUT2D eigenvalue weighted by molar-refractivity contribution is 5.83. The van der Waals surface area contributed by atoms with Crippen LogP contribution in [-0.2, 0) is 9.53 Å². The number of carbonyl (C=O) groups excluding carboxylic acids is 1. The molecular formula is C17H23N7O4. The first-order valence-corrected chi connectivity index (χ1v) is 8.67. The minimum Gasteiger partial charge on any atom is -0.394 e. The zero-order chi connectivity index (χ0) is 20.4. The molecule has 0 saturated carbocycles. The van der Waals surface area contributed by atoms with E-state index in [1.165, 1.54) is 12.7 Å². The zero-order valence-corrected chi connectivity index (χ0v) is 15.6. The molecule has 1 aliphatic rings. The molecule has 2 aromatic heterocycles. The summed E-state index contributed by atoms with van der Waals surface area (Å²) in [4.78, 5) is 26.7. The highest BCUT2D eigenvalue weighted by Crippen LogP contribution is 2.32. The van der Waals surface area contributed by atoms with E-state index in [-0.39, 0.29) is 6.42 Å². The number of nitrogens with two attached hydrogens (primary N) is 1. The fraction of sp³-hybridized carbons (Fsp3) is 0.529. The third-order valence-electron chi connectivity index (χ3n) is 4.58. The number of anilines is 1. The van der Waals surface area contributed by atoms with E-state index in [1.54, 1.807) is 9.47 Å². The number of terminal acetylenes is 1. The lowest BCUT2D eigenvalue weighted by molar-refractivity contribution is -0.124. The van der Waals surface area contributed by atoms with Gasteiger partial charge in [0.1, 0.15) is 18.5 Å². The van der Waals surface area contributed by atoms with Crippen molar-refractivity contribution in [3.8, 4) is 12.3 Å². The second kappa shape index (κ2) is 8.07. The number of rotatable bonds is 6. The van der Waals surface area contributed by atoms with Crippen LogP contribution < -0.4 is 16.0 Å². The molecule has 0 spiro atoms. The normalized spacial score (nSPS) is 25.4. The van der Waals surface area contributed by atoms with E-state index >= 15 is 0 Å². The number of imidazole rings is 1. The summed E-state index contributed by atoms with van der Waals surface area (Å²) < 4.78 is 7.33. The van der Waals surface area contributed by atoms with Crippen LogP contribution in [0.4, 0.5) is 5.82 Å². The lowest BCUT2D eigenvalue weighted by Crippen LogP contribution is -2.53. The van der Waals surface area contributed by atoms with Gasteiger partial charge in [-0.25, -0.2) is 15.0 Å². The number of aliphatic hydroxyl groups is 2. The van der Waals surface area contributed by atoms with Gasteiger partial charge in [-0.05, 0) is 0 Å². The first-order valence-electron chi connectivity index (χ1n) is 8.67. The number of carbonyl (C=O) groups is 1. The Bertz CT molecular complexity index is 893. The molecule has 5 N–H and O–H groups in total. The van der Waals surface area contributed by atoms with Gasteiger partial charge in [-0.15, -0.1) is 12.3 Å². The Kier molecular flexibility index (Phi) is 5.76. The summed E-state index contributed by atoms with van der Waals surface area (Å²) in [5.41, 5.74) is 6.70. The number of amides is 1. The van der Waals surface area contributed by atoms with E-state index in [9.17, 15) is 15.0 Å². The van der Waals surface area contributed by atoms with Crippen molar-refractivity contribution in [3.05, 3.63) is 12.7 Å². The first-order chi connectivity index (χ1) is 13.4. The van der Waals surface area contributed by atoms with Crippen molar-refractivity contribution in [1.82, 2.24) is 24.8 Å². The van der Waals surface area contributed by atoms with Crippen LogP contribution in [0, 0.1) is 12.3 Å². The monoisotopic (exact) mass is 389 g/mol. The van der Waals surface area contributed by atoms with Gasteiger partial charge in [-0.1, -0.05) is 0 Å². The summed E-state index contributed by atoms with van der Waals surface area (Å²) in [6.45, 7) is -0.409. The molecule has 150 valence electrons. The molecule has 28 heavy (non-hydrogen) atoms. The van der Waals surface area contributed by atoms with Crippen LogP contribution in [0.1, 0.15) is 12.6 Å². The maximum absolute atomic E-state index is 12.2. The van der Waals surface area contributed by atoms with E-state index < -0.39 is 43.0 Å². The van der Waals surface area contributed by atoms with Crippen molar-refractivity contribution in [2.24, 2.45) is 5.73 Å². The third kappa shape index (κ3) is 3.50. The van der Waals surface area contributed by atoms with Crippen LogP contribution in [0.5, 0.6) is 0 Å². The molecular weight excluding hydrogens is 366 g/mol. The highest BCUT2D eigenvalue weighted by atomic mass is 16.5. The lowest BCUT2D eigenvalue weighted by atomic mass is 10.1. The van der Waals surface area contributed by atoms with E-state index in [0.29, 0.717) is 17.0 Å². The van der Waals surface area contributed by atoms with Gasteiger partial charge >= 0.3 is 0 Å². The number of aliphatic hydroxyl groups excluding tert-OH is 2. The SMILES string of the molecule is C#CC[C@H](N)C(=O)N[C@H]1[C@@H](O)[C@H](n2cnc3c(N(C)C)ncnc32)O[C@@H]1CO. The number of fused-ring (bicyclic) bond motifs is 1. The Hall–Kier alpha value is -2.78. The molecule has 0 aliphatic carbocycles. The molecule has 1 fully saturated rings. The summed E-state index contributed by atoms with van der Waals surface area (Å²) in [5, 5.41) is 23.0. The molecule has 0 aromatic carbocycles. The Balaban J connectivity index is 1.88. The van der Waals surface area contributed by atoms with Crippen LogP contribution in [0.2, 0.25) is 0 Å². The molecule has 5 atom stereocenters. The van der Waals surface area contributed by atoms with Crippen molar-refractivity contribution >= 4 is 22.9 Å². The van der Waals surface area contributed by atoms with Crippen LogP contribution in [-0.4, -0.2) is 80.6 Å². The maximum Gasteiger partial charge on any atom is 0.238 e. The molecule has 1 aliphatic heterocycles. The topological polar surface area (TPSA) is 152 Å². The molecule has 2 aromatic rings. The van der Waals surface area contributed by atoms with Crippen molar-refractivity contribution < 1.29 is 19.7 Å². The van der Waals surface area contributed by atoms with Crippen molar-refractivity contribution in [2.45, 2.75) is 36.9 Å². The molecule has 1 amide bonds. The number of aromatic nitrogens is 4. The second-order valence-electron chi connectivity index (χ2n) is 6.70. The Morgan fingerprint density at radius 3 is 2.89 bits per heavy atom. The standard InChI is InChI=1S/C17H23N7O4/c1-4-5-9(18)16(27)22-11-10(6-25)28-17(13(11)26)24-8-21-12-14(23(2)3)19-7-20-15(12)24/h1,7-11,13,17,25-26H,5-6,18H2,2-3H3,(H,22,27)/t9-,10+,11+,13+,17+/m0/s1. The molecule has 11 nitrogen and oxygen atoms in total. The summed E-state index contributed by atoms with van der Waals surface area (Å²) in [6, 6.07) is -1.79. The van der Waals surface area contributed by atoms with Gasteiger partial charge in [0.25, 0.3) is 0 Å². The third-order valence-corrected chi connectivity index (χ3v) is 4.58. The zero-order valence-electron chi connectivity index (χ0n) is 15.6. The van der Waals surface area contributed by atoms with Gasteiger partial charge in [0.05, 0.1) is 25.0 Å². The average molecular weight is 389 g/mol. The molecule has 1 saturated heterocycles. The number of hydrogen-bond acceptors (Lipinski definition) is 9. The summed E-state index contributed by atoms with van der Waals surface area (Å²) >= 11 is 0. The highest BCUT2D eigenvalue weighted by Gasteiger charge is 2.46. The lowest BCUT2D eigenvalue weighted by Gasteiger charge is -2.22. The van der Waals surface area contributed by atoms with Crippen molar-refractivity contribution in [1.29, 1.82) is 0 Å². The van der Waals surface area contributed by atoms with E-state index in [4.69, 9.17) is 16.9 Å². The largest absolute Gasteiger partial charge is 0.394 e. The van der Waals surface area contributed by atoms with Crippen molar-refractivity contribution in [2.75, 3.05) is 25.6 Å². The van der Waals surface area contributed by atoms with Crippen molar-refractivity contribution in [3.63, 3.8) is 0 Å². The van der Waals surface area contributed by atoms with Gasteiger partial charge in [0, 0.05) is 20.5 Å². The van der Waals surface area contributed by atoms with Gasteiger partial charge in [0.2, 0.25) is 5.91 Å². The smallest absolute Gasteiger partial charge is 0.238 e. The molecule has 3 heterocycles. The summed E-state index contributed by atoms with van der Waals surface area (Å²) in [5.74, 6) is 2.40. The van der Waals surface area contributed by atoms with Crippen LogP contribution >= 0.6 is 0 Å². The number of ether oxygens (including phenoxy) is 1. The Morgan fingerprint density at radius 1 is 1.50 bits per heavy atom. The number of nitrogens with one attached hydrogen (secondary N) is 1. The Labute approximate surface area is 161 Å². The fourth-order valence-electron chi connectivity index (χ4n) is 3.15. The minimum absolute atomic E-state index is 0.0547. The summed E-state index contributed by atoms with van der Waals surface area (Å²) in [7, 11) is 3.66. The second-order valence-corrected chi connectivity index (χ2v) is 6.70. The predicted octanol–water partition coefficient (Wildman–Crippen LogP) is -2.02. The quantitative estimate of drug-likeness (QED) is 0.410. The number of nitrogens with zero attached hydrogens (tertiary/aromatic N) is 5. The van der Waals surface area contributed by atoms with Crippen LogP contribution in [0.3, 0.4) is 0 Å². The minimum atomic E-state index is -1.17. The molecule has 3 rings (SSSR count). The molecule has 0 unspecified atom stereocenters. The average Bonchev–Trinajstić information content (AvgIpc) is 3.23. The van der Waals surface area contributed by atoms with Gasteiger partial charge < -0.3 is 30.9 Å². The van der Waals surface area contributed by atoms with E-state index in [1.807, 2.05) is 14.1 Å². The van der Waals surface area contributed by atoms with Gasteiger partial charge in [-0.3, -0.25) is 9.36 Å². The molecule has 0 radical (unpaired) electrons. The van der Waals surface area contributed by atoms with E-state index in [2.05, 4.69) is 26.2 Å². The first kappa shape index (κ1) is 20.0. The predicted molar refractivity (Wildman–Crippen MR) is 100 cm³/mol. The maximum atomic E-state index is 12.2. The molecule has 11 heteroatoms. The van der Waals surface area contributed by atoms with Crippen LogP contribution in [0.15, 0.2) is 12.7 Å². The van der Waals surface area contributed by atoms with Gasteiger partial charge in [-0.2, -0.15) is 0 Å². The van der Waals surface area contributed by atoms with Crippen LogP contribution in [0.25, 0.3) is 11.2 Å². The molecule has 0 bridgehead atoms. The summed E-state index contributed by atoms with van der Waals surface area (Å²) in [6.07, 6.45) is 5.17. The van der Waals surface area contributed by atoms with Gasteiger partial charge in [0.15, 0.2) is 23.2 Å². The fourth-order valence-corrected chi connectivity index (χ4v) is 3.15. The number of hydrogen-bond donors (Lipinski definition) is 4.